The molecule has 156 valence electrons. The second-order valence-electron chi connectivity index (χ2n) is 6.65. The molecule has 1 aromatic carbocycles. The average Bonchev–Trinajstić information content (AvgIpc) is 2.68. The second kappa shape index (κ2) is 10.2. The van der Waals surface area contributed by atoms with Crippen molar-refractivity contribution >= 4 is 33.4 Å². The van der Waals surface area contributed by atoms with Crippen LogP contribution in [0.2, 0.25) is 5.02 Å². The summed E-state index contributed by atoms with van der Waals surface area (Å²) in [4.78, 5) is 28.8. The number of amides is 2. The Bertz CT molecular complexity index is 809. The van der Waals surface area contributed by atoms with Crippen molar-refractivity contribution in [2.45, 2.75) is 49.5 Å². The summed E-state index contributed by atoms with van der Waals surface area (Å²) in [6, 6.07) is 4.16. The van der Waals surface area contributed by atoms with Crippen molar-refractivity contribution in [3.05, 3.63) is 28.8 Å². The first-order chi connectivity index (χ1) is 13.3. The standard InChI is InChI=1S/C18H26ClN3O5S/c1-22(27-2)28(25,26)16-12-13(8-9-15(16)19)18(24)20-11-10-17(23)21-14-6-4-3-5-7-14/h8-9,12,14H,3-7,10-11H2,1-2H3,(H,20,24)(H,21,23). The fourth-order valence-corrected chi connectivity index (χ4v) is 4.49. The lowest BCUT2D eigenvalue weighted by molar-refractivity contribution is -0.121. The van der Waals surface area contributed by atoms with E-state index in [0.29, 0.717) is 4.47 Å². The minimum Gasteiger partial charge on any atom is -0.353 e. The molecule has 0 atom stereocenters. The van der Waals surface area contributed by atoms with Gasteiger partial charge in [-0.15, -0.1) is 0 Å². The summed E-state index contributed by atoms with van der Waals surface area (Å²) in [6.45, 7) is 0.153. The zero-order valence-corrected chi connectivity index (χ0v) is 17.6. The van der Waals surface area contributed by atoms with E-state index in [0.717, 1.165) is 25.7 Å². The van der Waals surface area contributed by atoms with Crippen LogP contribution in [-0.2, 0) is 19.7 Å². The monoisotopic (exact) mass is 431 g/mol. The van der Waals surface area contributed by atoms with Crippen molar-refractivity contribution in [2.24, 2.45) is 0 Å². The molecule has 0 saturated heterocycles. The number of nitrogens with zero attached hydrogens (tertiary/aromatic N) is 1. The van der Waals surface area contributed by atoms with E-state index in [1.807, 2.05) is 0 Å². The lowest BCUT2D eigenvalue weighted by atomic mass is 9.95. The maximum absolute atomic E-state index is 12.4. The minimum atomic E-state index is -3.99. The number of benzene rings is 1. The number of rotatable bonds is 8. The van der Waals surface area contributed by atoms with Crippen molar-refractivity contribution in [1.82, 2.24) is 15.1 Å². The van der Waals surface area contributed by atoms with Gasteiger partial charge in [0.05, 0.1) is 12.1 Å². The molecule has 0 unspecified atom stereocenters. The molecular formula is C18H26ClN3O5S. The smallest absolute Gasteiger partial charge is 0.266 e. The van der Waals surface area contributed by atoms with Crippen LogP contribution in [0.1, 0.15) is 48.9 Å². The van der Waals surface area contributed by atoms with Gasteiger partial charge in [0, 0.05) is 31.6 Å². The van der Waals surface area contributed by atoms with Crippen molar-refractivity contribution < 1.29 is 22.8 Å². The highest BCUT2D eigenvalue weighted by molar-refractivity contribution is 7.89. The molecule has 10 heteroatoms. The van der Waals surface area contributed by atoms with Crippen LogP contribution in [0.5, 0.6) is 0 Å². The van der Waals surface area contributed by atoms with Crippen molar-refractivity contribution in [3.8, 4) is 0 Å². The number of hydroxylamine groups is 1. The summed E-state index contributed by atoms with van der Waals surface area (Å²) in [5, 5.41) is 5.59. The first-order valence-corrected chi connectivity index (χ1v) is 11.0. The van der Waals surface area contributed by atoms with Crippen LogP contribution < -0.4 is 10.6 Å². The van der Waals surface area contributed by atoms with Crippen LogP contribution in [0.15, 0.2) is 23.1 Å². The molecule has 2 N–H and O–H groups in total. The third-order valence-electron chi connectivity index (χ3n) is 4.67. The normalized spacial score (nSPS) is 15.4. The number of carbonyl (C=O) groups excluding carboxylic acids is 2. The van der Waals surface area contributed by atoms with Gasteiger partial charge in [-0.2, -0.15) is 0 Å². The molecule has 0 spiro atoms. The highest BCUT2D eigenvalue weighted by atomic mass is 35.5. The molecule has 0 aliphatic heterocycles. The summed E-state index contributed by atoms with van der Waals surface area (Å²) >= 11 is 5.98. The summed E-state index contributed by atoms with van der Waals surface area (Å²) in [7, 11) is -1.56. The first-order valence-electron chi connectivity index (χ1n) is 9.16. The topological polar surface area (TPSA) is 105 Å². The van der Waals surface area contributed by atoms with Crippen LogP contribution in [0, 0.1) is 0 Å². The van der Waals surface area contributed by atoms with Gasteiger partial charge in [0.2, 0.25) is 5.91 Å². The number of hydrogen-bond donors (Lipinski definition) is 2. The third kappa shape index (κ3) is 5.91. The lowest BCUT2D eigenvalue weighted by Gasteiger charge is -2.22. The van der Waals surface area contributed by atoms with E-state index in [2.05, 4.69) is 10.6 Å². The van der Waals surface area contributed by atoms with Gasteiger partial charge >= 0.3 is 0 Å². The molecule has 0 aromatic heterocycles. The Morgan fingerprint density at radius 3 is 2.57 bits per heavy atom. The molecule has 0 bridgehead atoms. The third-order valence-corrected chi connectivity index (χ3v) is 6.84. The Labute approximate surface area is 170 Å². The van der Waals surface area contributed by atoms with Crippen molar-refractivity contribution in [2.75, 3.05) is 20.7 Å². The van der Waals surface area contributed by atoms with E-state index < -0.39 is 15.9 Å². The quantitative estimate of drug-likeness (QED) is 0.613. The molecule has 8 nitrogen and oxygen atoms in total. The van der Waals surface area contributed by atoms with Crippen LogP contribution >= 0.6 is 11.6 Å². The highest BCUT2D eigenvalue weighted by Crippen LogP contribution is 2.25. The molecule has 1 aliphatic carbocycles. The number of nitrogens with one attached hydrogen (secondary N) is 2. The number of sulfonamides is 1. The molecule has 2 rings (SSSR count). The average molecular weight is 432 g/mol. The van der Waals surface area contributed by atoms with Crippen LogP contribution in [-0.4, -0.2) is 51.4 Å². The molecule has 1 saturated carbocycles. The van der Waals surface area contributed by atoms with Crippen LogP contribution in [0.25, 0.3) is 0 Å². The van der Waals surface area contributed by atoms with E-state index >= 15 is 0 Å². The predicted octanol–water partition coefficient (Wildman–Crippen LogP) is 2.09. The summed E-state index contributed by atoms with van der Waals surface area (Å²) < 4.78 is 25.4. The van der Waals surface area contributed by atoms with E-state index in [1.165, 1.54) is 38.8 Å². The molecule has 2 amide bonds. The molecule has 28 heavy (non-hydrogen) atoms. The van der Waals surface area contributed by atoms with Gasteiger partial charge in [-0.1, -0.05) is 35.3 Å². The number of carbonyl (C=O) groups is 2. The zero-order chi connectivity index (χ0) is 20.7. The van der Waals surface area contributed by atoms with Crippen LogP contribution in [0.4, 0.5) is 0 Å². The van der Waals surface area contributed by atoms with E-state index in [-0.39, 0.29) is 40.4 Å². The summed E-state index contributed by atoms with van der Waals surface area (Å²) in [5.74, 6) is -0.591. The summed E-state index contributed by atoms with van der Waals surface area (Å²) in [5.41, 5.74) is 0.125. The largest absolute Gasteiger partial charge is 0.353 e. The van der Waals surface area contributed by atoms with Gasteiger partial charge in [-0.3, -0.25) is 14.4 Å². The second-order valence-corrected chi connectivity index (χ2v) is 8.96. The van der Waals surface area contributed by atoms with Crippen LogP contribution in [0.3, 0.4) is 0 Å². The highest BCUT2D eigenvalue weighted by Gasteiger charge is 2.25. The van der Waals surface area contributed by atoms with Crippen molar-refractivity contribution in [3.63, 3.8) is 0 Å². The van der Waals surface area contributed by atoms with Gasteiger partial charge < -0.3 is 10.6 Å². The Morgan fingerprint density at radius 1 is 1.25 bits per heavy atom. The Morgan fingerprint density at radius 2 is 1.93 bits per heavy atom. The maximum atomic E-state index is 12.4. The fourth-order valence-electron chi connectivity index (χ4n) is 3.02. The first kappa shape index (κ1) is 22.6. The number of halogens is 1. The van der Waals surface area contributed by atoms with Crippen molar-refractivity contribution in [1.29, 1.82) is 0 Å². The lowest BCUT2D eigenvalue weighted by Crippen LogP contribution is -2.38. The fraction of sp³-hybridized carbons (Fsp3) is 0.556. The van der Waals surface area contributed by atoms with Gasteiger partial charge in [0.1, 0.15) is 4.90 Å². The van der Waals surface area contributed by atoms with Gasteiger partial charge in [0.25, 0.3) is 15.9 Å². The molecule has 1 fully saturated rings. The molecule has 0 heterocycles. The van der Waals surface area contributed by atoms with E-state index in [4.69, 9.17) is 16.4 Å². The van der Waals surface area contributed by atoms with Gasteiger partial charge in [0.15, 0.2) is 0 Å². The maximum Gasteiger partial charge on any atom is 0.266 e. The Hall–Kier alpha value is -1.68. The Kier molecular flexibility index (Phi) is 8.23. The minimum absolute atomic E-state index is 0.0210. The summed E-state index contributed by atoms with van der Waals surface area (Å²) in [6.07, 6.45) is 5.62. The Balaban J connectivity index is 1.93. The van der Waals surface area contributed by atoms with Gasteiger partial charge in [-0.05, 0) is 31.0 Å². The van der Waals surface area contributed by atoms with E-state index in [1.54, 1.807) is 0 Å². The predicted molar refractivity (Wildman–Crippen MR) is 105 cm³/mol. The SMILES string of the molecule is CON(C)S(=O)(=O)c1cc(C(=O)NCCC(=O)NC2CCCCC2)ccc1Cl. The molecular weight excluding hydrogens is 406 g/mol. The molecule has 1 aliphatic rings. The zero-order valence-electron chi connectivity index (χ0n) is 16.0. The number of hydrogen-bond acceptors (Lipinski definition) is 5. The van der Waals surface area contributed by atoms with Gasteiger partial charge in [-0.25, -0.2) is 8.42 Å². The molecule has 1 aromatic rings. The van der Waals surface area contributed by atoms with E-state index in [9.17, 15) is 18.0 Å². The molecule has 0 radical (unpaired) electrons.